The van der Waals surface area contributed by atoms with Crippen molar-refractivity contribution in [2.75, 3.05) is 14.1 Å². The highest BCUT2D eigenvalue weighted by atomic mass is 32.1. The van der Waals surface area contributed by atoms with Gasteiger partial charge in [-0.3, -0.25) is 0 Å². The largest absolute Gasteiger partial charge is 0.302 e. The molecule has 0 aliphatic carbocycles. The van der Waals surface area contributed by atoms with Gasteiger partial charge in [0, 0.05) is 17.3 Å². The van der Waals surface area contributed by atoms with Gasteiger partial charge in [0.25, 0.3) is 0 Å². The fourth-order valence-corrected chi connectivity index (χ4v) is 2.85. The van der Waals surface area contributed by atoms with Crippen LogP contribution in [0.3, 0.4) is 0 Å². The molecule has 0 radical (unpaired) electrons. The van der Waals surface area contributed by atoms with E-state index < -0.39 is 0 Å². The molecule has 0 fully saturated rings. The number of hydrogen-bond acceptors (Lipinski definition) is 3. The summed E-state index contributed by atoms with van der Waals surface area (Å²) < 4.78 is 0. The smallest absolute Gasteiger partial charge is 0.129 e. The lowest BCUT2D eigenvalue weighted by Gasteiger charge is -2.23. The minimum atomic E-state index is 0.274. The molecule has 15 heavy (non-hydrogen) atoms. The van der Waals surface area contributed by atoms with Crippen LogP contribution in [0.4, 0.5) is 0 Å². The summed E-state index contributed by atoms with van der Waals surface area (Å²) in [7, 11) is 4.15. The average Bonchev–Trinajstić information content (AvgIpc) is 2.51. The lowest BCUT2D eigenvalue weighted by atomic mass is 10.0. The van der Waals surface area contributed by atoms with Crippen LogP contribution >= 0.6 is 11.3 Å². The van der Waals surface area contributed by atoms with Crippen LogP contribution in [0.5, 0.6) is 0 Å². The average molecular weight is 225 g/mol. The van der Waals surface area contributed by atoms with Gasteiger partial charge in [-0.1, -0.05) is 0 Å². The van der Waals surface area contributed by atoms with Gasteiger partial charge in [0.15, 0.2) is 0 Å². The molecule has 0 aromatic carbocycles. The van der Waals surface area contributed by atoms with Crippen molar-refractivity contribution in [2.24, 2.45) is 0 Å². The molecule has 1 aromatic rings. The summed E-state index contributed by atoms with van der Waals surface area (Å²) >= 11 is 1.78. The van der Waals surface area contributed by atoms with E-state index in [2.05, 4.69) is 37.4 Å². The van der Waals surface area contributed by atoms with Crippen LogP contribution < -0.4 is 0 Å². The van der Waals surface area contributed by atoms with Gasteiger partial charge in [-0.25, -0.2) is 0 Å². The van der Waals surface area contributed by atoms with Crippen molar-refractivity contribution in [3.63, 3.8) is 0 Å². The van der Waals surface area contributed by atoms with Gasteiger partial charge in [0.2, 0.25) is 0 Å². The number of thiophene rings is 1. The van der Waals surface area contributed by atoms with Gasteiger partial charge in [-0.15, -0.1) is 11.3 Å². The Hall–Kier alpha value is -0.670. The van der Waals surface area contributed by atoms with E-state index in [-0.39, 0.29) is 5.78 Å². The Labute approximate surface area is 95.9 Å². The highest BCUT2D eigenvalue weighted by Crippen LogP contribution is 2.30. The molecular weight excluding hydrogens is 206 g/mol. The Kier molecular flexibility index (Phi) is 4.48. The Morgan fingerprint density at radius 1 is 1.53 bits per heavy atom. The Balaban J connectivity index is 2.75. The molecule has 0 bridgehead atoms. The first-order valence-electron chi connectivity index (χ1n) is 5.22. The zero-order valence-corrected chi connectivity index (χ0v) is 10.7. The van der Waals surface area contributed by atoms with Crippen LogP contribution in [0.25, 0.3) is 0 Å². The number of aryl methyl sites for hydroxylation is 1. The number of ketones is 1. The van der Waals surface area contributed by atoms with Crippen LogP contribution in [0, 0.1) is 6.92 Å². The second-order valence-corrected chi connectivity index (χ2v) is 5.14. The lowest BCUT2D eigenvalue weighted by Crippen LogP contribution is -2.20. The highest BCUT2D eigenvalue weighted by Gasteiger charge is 2.17. The molecule has 1 unspecified atom stereocenters. The topological polar surface area (TPSA) is 20.3 Å². The molecule has 3 heteroatoms. The molecule has 1 rings (SSSR count). The fourth-order valence-electron chi connectivity index (χ4n) is 1.69. The summed E-state index contributed by atoms with van der Waals surface area (Å²) in [6.07, 6.45) is 1.59. The van der Waals surface area contributed by atoms with Crippen LogP contribution in [-0.2, 0) is 4.79 Å². The molecular formula is C12H19NOS. The second kappa shape index (κ2) is 5.42. The number of carbonyl (C=O) groups is 1. The van der Waals surface area contributed by atoms with Crippen molar-refractivity contribution in [1.29, 1.82) is 0 Å². The molecule has 0 N–H and O–H groups in total. The molecule has 0 saturated carbocycles. The molecule has 1 aromatic heterocycles. The van der Waals surface area contributed by atoms with Gasteiger partial charge < -0.3 is 9.69 Å². The lowest BCUT2D eigenvalue weighted by molar-refractivity contribution is -0.117. The van der Waals surface area contributed by atoms with E-state index in [0.29, 0.717) is 12.5 Å². The number of carbonyl (C=O) groups excluding carboxylic acids is 1. The maximum atomic E-state index is 11.0. The summed E-state index contributed by atoms with van der Waals surface area (Å²) in [5, 5.41) is 2.12. The van der Waals surface area contributed by atoms with Crippen LogP contribution in [0.15, 0.2) is 11.4 Å². The Morgan fingerprint density at radius 2 is 2.20 bits per heavy atom. The predicted octanol–water partition coefficient (Wildman–Crippen LogP) is 3.03. The van der Waals surface area contributed by atoms with Crippen LogP contribution in [-0.4, -0.2) is 24.8 Å². The van der Waals surface area contributed by atoms with Gasteiger partial charge in [-0.05, 0) is 51.4 Å². The number of rotatable bonds is 5. The predicted molar refractivity (Wildman–Crippen MR) is 65.4 cm³/mol. The van der Waals surface area contributed by atoms with E-state index in [9.17, 15) is 4.79 Å². The van der Waals surface area contributed by atoms with E-state index in [0.717, 1.165) is 6.42 Å². The number of nitrogens with zero attached hydrogens (tertiary/aromatic N) is 1. The number of hydrogen-bond donors (Lipinski definition) is 0. The molecule has 0 amide bonds. The molecule has 1 heterocycles. The van der Waals surface area contributed by atoms with Gasteiger partial charge in [0.1, 0.15) is 5.78 Å². The van der Waals surface area contributed by atoms with E-state index in [4.69, 9.17) is 0 Å². The Morgan fingerprint density at radius 3 is 2.60 bits per heavy atom. The third-order valence-electron chi connectivity index (χ3n) is 2.60. The third kappa shape index (κ3) is 3.43. The van der Waals surface area contributed by atoms with E-state index in [1.165, 1.54) is 10.4 Å². The third-order valence-corrected chi connectivity index (χ3v) is 3.72. The minimum absolute atomic E-state index is 0.274. The monoisotopic (exact) mass is 225 g/mol. The highest BCUT2D eigenvalue weighted by molar-refractivity contribution is 7.10. The van der Waals surface area contributed by atoms with Crippen LogP contribution in [0.2, 0.25) is 0 Å². The SMILES string of the molecule is CC(=O)CCC(c1sccc1C)N(C)C. The van der Waals surface area contributed by atoms with Crippen molar-refractivity contribution in [3.05, 3.63) is 21.9 Å². The molecule has 1 atom stereocenters. The normalized spacial score (nSPS) is 13.1. The van der Waals surface area contributed by atoms with E-state index >= 15 is 0 Å². The fraction of sp³-hybridized carbons (Fsp3) is 0.583. The van der Waals surface area contributed by atoms with Gasteiger partial charge >= 0.3 is 0 Å². The first-order chi connectivity index (χ1) is 7.02. The molecule has 0 aliphatic rings. The minimum Gasteiger partial charge on any atom is -0.302 e. The van der Waals surface area contributed by atoms with Crippen molar-refractivity contribution < 1.29 is 4.79 Å². The molecule has 0 saturated heterocycles. The quantitative estimate of drug-likeness (QED) is 0.767. The summed E-state index contributed by atoms with van der Waals surface area (Å²) in [6, 6.07) is 2.53. The maximum absolute atomic E-state index is 11.0. The first-order valence-corrected chi connectivity index (χ1v) is 6.10. The first kappa shape index (κ1) is 12.4. The molecule has 84 valence electrons. The zero-order chi connectivity index (χ0) is 11.4. The van der Waals surface area contributed by atoms with Crippen molar-refractivity contribution >= 4 is 17.1 Å². The van der Waals surface area contributed by atoms with E-state index in [1.54, 1.807) is 18.3 Å². The zero-order valence-electron chi connectivity index (χ0n) is 9.91. The summed E-state index contributed by atoms with van der Waals surface area (Å²) in [4.78, 5) is 14.6. The molecule has 0 aliphatic heterocycles. The van der Waals surface area contributed by atoms with Gasteiger partial charge in [-0.2, -0.15) is 0 Å². The van der Waals surface area contributed by atoms with Crippen molar-refractivity contribution in [1.82, 2.24) is 4.90 Å². The van der Waals surface area contributed by atoms with Gasteiger partial charge in [0.05, 0.1) is 0 Å². The number of Topliss-reactive ketones (excluding diaryl/α,β-unsaturated/α-hetero) is 1. The van der Waals surface area contributed by atoms with E-state index in [1.807, 2.05) is 0 Å². The standard InChI is InChI=1S/C12H19NOS/c1-9-7-8-15-12(9)11(13(3)4)6-5-10(2)14/h7-8,11H,5-6H2,1-4H3. The summed E-state index contributed by atoms with van der Waals surface area (Å²) in [5.74, 6) is 0.274. The second-order valence-electron chi connectivity index (χ2n) is 4.19. The molecule has 2 nitrogen and oxygen atoms in total. The molecule has 0 spiro atoms. The summed E-state index contributed by atoms with van der Waals surface area (Å²) in [6.45, 7) is 3.80. The maximum Gasteiger partial charge on any atom is 0.129 e. The van der Waals surface area contributed by atoms with Crippen LogP contribution in [0.1, 0.15) is 36.2 Å². The summed E-state index contributed by atoms with van der Waals surface area (Å²) in [5.41, 5.74) is 1.34. The Bertz CT molecular complexity index is 330. The van der Waals surface area contributed by atoms with Crippen molar-refractivity contribution in [3.8, 4) is 0 Å². The van der Waals surface area contributed by atoms with Crippen molar-refractivity contribution in [2.45, 2.75) is 32.7 Å².